The van der Waals surface area contributed by atoms with Gasteiger partial charge in [0.25, 0.3) is 0 Å². The van der Waals surface area contributed by atoms with E-state index in [1.165, 1.54) is 0 Å². The summed E-state index contributed by atoms with van der Waals surface area (Å²) in [5.74, 6) is 0.972. The first-order valence-corrected chi connectivity index (χ1v) is 10.8. The zero-order chi connectivity index (χ0) is 21.5. The Morgan fingerprint density at radius 2 is 1.87 bits per heavy atom. The molecule has 4 rings (SSSR count). The first-order valence-electron chi connectivity index (χ1n) is 10.8. The quantitative estimate of drug-likeness (QED) is 0.804. The Morgan fingerprint density at radius 1 is 1.17 bits per heavy atom. The number of nitrogens with zero attached hydrogens (tertiary/aromatic N) is 1. The van der Waals surface area contributed by atoms with Gasteiger partial charge in [0.1, 0.15) is 11.5 Å². The van der Waals surface area contributed by atoms with Gasteiger partial charge in [-0.3, -0.25) is 4.79 Å². The van der Waals surface area contributed by atoms with Crippen LogP contribution in [-0.2, 0) is 10.4 Å². The molecule has 0 bridgehead atoms. The van der Waals surface area contributed by atoms with Gasteiger partial charge in [0.05, 0.1) is 18.6 Å². The predicted molar refractivity (Wildman–Crippen MR) is 115 cm³/mol. The third-order valence-electron chi connectivity index (χ3n) is 7.08. The number of aliphatic hydroxyl groups is 1. The molecule has 0 aromatic heterocycles. The lowest BCUT2D eigenvalue weighted by Crippen LogP contribution is -2.45. The van der Waals surface area contributed by atoms with E-state index < -0.39 is 11.5 Å². The molecule has 1 saturated carbocycles. The minimum absolute atomic E-state index is 0.000861. The van der Waals surface area contributed by atoms with E-state index in [9.17, 15) is 15.0 Å². The van der Waals surface area contributed by atoms with Crippen molar-refractivity contribution in [2.75, 3.05) is 20.2 Å². The van der Waals surface area contributed by atoms with Crippen molar-refractivity contribution < 1.29 is 19.7 Å². The number of phenolic OH excluding ortho intramolecular Hbond substituents is 1. The molecule has 1 saturated heterocycles. The maximum Gasteiger partial charge on any atom is 0.229 e. The van der Waals surface area contributed by atoms with Crippen LogP contribution in [-0.4, -0.2) is 41.2 Å². The minimum Gasteiger partial charge on any atom is -0.508 e. The van der Waals surface area contributed by atoms with E-state index in [-0.39, 0.29) is 23.5 Å². The molecular weight excluding hydrogens is 378 g/mol. The van der Waals surface area contributed by atoms with Crippen molar-refractivity contribution in [3.63, 3.8) is 0 Å². The first kappa shape index (κ1) is 20.7. The number of para-hydroxylation sites is 2. The molecule has 0 radical (unpaired) electrons. The number of carbonyl (C=O) groups is 1. The molecule has 1 amide bonds. The third-order valence-corrected chi connectivity index (χ3v) is 7.08. The van der Waals surface area contributed by atoms with E-state index >= 15 is 0 Å². The standard InChI is InChI=1S/C25H31NO4/c1-16-12-18-14-26(24(28)17(2)19-8-4-6-10-22(19)27)15-21(18)25(29,13-16)20-9-5-7-11-23(20)30-3/h4-11,16-18,21,27,29H,12-15H2,1-3H3/t16?,17-,18?,21?,25?/m0/s1. The smallest absolute Gasteiger partial charge is 0.229 e. The fourth-order valence-corrected chi connectivity index (χ4v) is 5.69. The number of fused-ring (bicyclic) bond motifs is 1. The van der Waals surface area contributed by atoms with Gasteiger partial charge in [0, 0.05) is 30.1 Å². The molecule has 4 unspecified atom stereocenters. The Bertz CT molecular complexity index is 929. The van der Waals surface area contributed by atoms with Gasteiger partial charge in [-0.05, 0) is 43.7 Å². The molecular formula is C25H31NO4. The molecule has 2 aliphatic rings. The minimum atomic E-state index is -1.03. The van der Waals surface area contributed by atoms with E-state index in [0.717, 1.165) is 12.0 Å². The maximum absolute atomic E-state index is 13.3. The number of methoxy groups -OCH3 is 1. The van der Waals surface area contributed by atoms with Gasteiger partial charge in [-0.1, -0.05) is 43.3 Å². The van der Waals surface area contributed by atoms with Crippen molar-refractivity contribution in [1.82, 2.24) is 4.90 Å². The second-order valence-corrected chi connectivity index (χ2v) is 9.06. The summed E-state index contributed by atoms with van der Waals surface area (Å²) in [7, 11) is 1.63. The van der Waals surface area contributed by atoms with Crippen molar-refractivity contribution in [3.8, 4) is 11.5 Å². The van der Waals surface area contributed by atoms with Crippen molar-refractivity contribution in [1.29, 1.82) is 0 Å². The lowest BCUT2D eigenvalue weighted by molar-refractivity contribution is -0.132. The normalized spacial score (nSPS) is 29.3. The van der Waals surface area contributed by atoms with Crippen LogP contribution in [0.1, 0.15) is 43.7 Å². The van der Waals surface area contributed by atoms with E-state index in [1.54, 1.807) is 25.3 Å². The summed E-state index contributed by atoms with van der Waals surface area (Å²) in [5.41, 5.74) is 0.435. The highest BCUT2D eigenvalue weighted by molar-refractivity contribution is 5.84. The van der Waals surface area contributed by atoms with Crippen LogP contribution >= 0.6 is 0 Å². The van der Waals surface area contributed by atoms with Gasteiger partial charge in [-0.15, -0.1) is 0 Å². The summed E-state index contributed by atoms with van der Waals surface area (Å²) in [6.45, 7) is 5.17. The number of hydrogen-bond donors (Lipinski definition) is 2. The number of phenols is 1. The van der Waals surface area contributed by atoms with Crippen LogP contribution in [0.4, 0.5) is 0 Å². The third kappa shape index (κ3) is 3.45. The lowest BCUT2D eigenvalue weighted by Gasteiger charge is -2.44. The van der Waals surface area contributed by atoms with E-state index in [0.29, 0.717) is 36.7 Å². The number of likely N-dealkylation sites (tertiary alicyclic amines) is 1. The second kappa shape index (κ2) is 7.95. The Kier molecular flexibility index (Phi) is 5.49. The number of hydrogen-bond acceptors (Lipinski definition) is 4. The van der Waals surface area contributed by atoms with Gasteiger partial charge in [0.15, 0.2) is 0 Å². The molecule has 2 aromatic rings. The predicted octanol–water partition coefficient (Wildman–Crippen LogP) is 3.90. The van der Waals surface area contributed by atoms with Gasteiger partial charge in [-0.2, -0.15) is 0 Å². The fourth-order valence-electron chi connectivity index (χ4n) is 5.69. The van der Waals surface area contributed by atoms with Crippen molar-refractivity contribution in [2.45, 2.75) is 38.2 Å². The zero-order valence-electron chi connectivity index (χ0n) is 17.9. The molecule has 5 nitrogen and oxygen atoms in total. The van der Waals surface area contributed by atoms with Crippen LogP contribution in [0.25, 0.3) is 0 Å². The molecule has 1 heterocycles. The molecule has 2 fully saturated rings. The summed E-state index contributed by atoms with van der Waals surface area (Å²) in [5, 5.41) is 22.1. The van der Waals surface area contributed by atoms with Gasteiger partial charge < -0.3 is 19.8 Å². The molecule has 2 aromatic carbocycles. The van der Waals surface area contributed by atoms with E-state index in [4.69, 9.17) is 4.74 Å². The van der Waals surface area contributed by atoms with E-state index in [2.05, 4.69) is 6.92 Å². The summed E-state index contributed by atoms with van der Waals surface area (Å²) >= 11 is 0. The monoisotopic (exact) mass is 409 g/mol. The molecule has 1 aliphatic carbocycles. The number of amides is 1. The average molecular weight is 410 g/mol. The number of rotatable bonds is 4. The molecule has 160 valence electrons. The van der Waals surface area contributed by atoms with Crippen molar-refractivity contribution in [3.05, 3.63) is 59.7 Å². The van der Waals surface area contributed by atoms with Crippen molar-refractivity contribution >= 4 is 5.91 Å². The van der Waals surface area contributed by atoms with Crippen LogP contribution in [0, 0.1) is 17.8 Å². The average Bonchev–Trinajstić information content (AvgIpc) is 3.17. The Morgan fingerprint density at radius 3 is 2.60 bits per heavy atom. The molecule has 2 N–H and O–H groups in total. The number of ether oxygens (including phenoxy) is 1. The topological polar surface area (TPSA) is 70.0 Å². The van der Waals surface area contributed by atoms with Crippen LogP contribution in [0.2, 0.25) is 0 Å². The number of carbonyl (C=O) groups excluding carboxylic acids is 1. The summed E-state index contributed by atoms with van der Waals surface area (Å²) < 4.78 is 5.56. The number of aromatic hydroxyl groups is 1. The maximum atomic E-state index is 13.3. The first-order chi connectivity index (χ1) is 14.3. The van der Waals surface area contributed by atoms with Gasteiger partial charge in [-0.25, -0.2) is 0 Å². The molecule has 1 aliphatic heterocycles. The largest absolute Gasteiger partial charge is 0.508 e. The highest BCUT2D eigenvalue weighted by Gasteiger charge is 2.53. The van der Waals surface area contributed by atoms with Crippen molar-refractivity contribution in [2.24, 2.45) is 17.8 Å². The molecule has 5 atom stereocenters. The fraction of sp³-hybridized carbons (Fsp3) is 0.480. The number of benzene rings is 2. The SMILES string of the molecule is COc1ccccc1C1(O)CC(C)CC2CN(C(=O)[C@@H](C)c3ccccc3O)CC21. The Balaban J connectivity index is 1.62. The summed E-state index contributed by atoms with van der Waals surface area (Å²) in [6, 6.07) is 14.7. The van der Waals surface area contributed by atoms with Gasteiger partial charge in [0.2, 0.25) is 5.91 Å². The molecule has 5 heteroatoms. The Hall–Kier alpha value is -2.53. The van der Waals surface area contributed by atoms with Crippen LogP contribution < -0.4 is 4.74 Å². The van der Waals surface area contributed by atoms with Crippen LogP contribution in [0.5, 0.6) is 11.5 Å². The Labute approximate surface area is 178 Å². The zero-order valence-corrected chi connectivity index (χ0v) is 17.9. The van der Waals surface area contributed by atoms with E-state index in [1.807, 2.05) is 42.2 Å². The molecule has 0 spiro atoms. The molecule has 30 heavy (non-hydrogen) atoms. The summed E-state index contributed by atoms with van der Waals surface area (Å²) in [4.78, 5) is 15.2. The highest BCUT2D eigenvalue weighted by Crippen LogP contribution is 2.52. The van der Waals surface area contributed by atoms with Crippen LogP contribution in [0.15, 0.2) is 48.5 Å². The van der Waals surface area contributed by atoms with Crippen LogP contribution in [0.3, 0.4) is 0 Å². The summed E-state index contributed by atoms with van der Waals surface area (Å²) in [6.07, 6.45) is 1.66. The van der Waals surface area contributed by atoms with Gasteiger partial charge >= 0.3 is 0 Å². The lowest BCUT2D eigenvalue weighted by atomic mass is 9.64. The second-order valence-electron chi connectivity index (χ2n) is 9.06. The highest BCUT2D eigenvalue weighted by atomic mass is 16.5.